The predicted octanol–water partition coefficient (Wildman–Crippen LogP) is 0.716. The van der Waals surface area contributed by atoms with Crippen molar-refractivity contribution in [3.05, 3.63) is 18.2 Å². The summed E-state index contributed by atoms with van der Waals surface area (Å²) in [5.41, 5.74) is 6.02. The maximum Gasteiger partial charge on any atom is 0.317 e. The fourth-order valence-corrected chi connectivity index (χ4v) is 3.68. The number of hydrogen-bond donors (Lipinski definition) is 2. The lowest BCUT2D eigenvalue weighted by Crippen LogP contribution is -2.49. The van der Waals surface area contributed by atoms with Gasteiger partial charge in [0.25, 0.3) is 0 Å². The fraction of sp³-hybridized carbons (Fsp3) is 0.526. The highest BCUT2D eigenvalue weighted by atomic mass is 16.5. The number of hydrogen-bond acceptors (Lipinski definition) is 5. The molecule has 2 fully saturated rings. The lowest BCUT2D eigenvalue weighted by molar-refractivity contribution is -0.123. The number of anilines is 1. The molecule has 0 aliphatic carbocycles. The van der Waals surface area contributed by atoms with Crippen molar-refractivity contribution in [1.82, 2.24) is 10.2 Å². The van der Waals surface area contributed by atoms with E-state index < -0.39 is 0 Å². The summed E-state index contributed by atoms with van der Waals surface area (Å²) < 4.78 is 10.5. The van der Waals surface area contributed by atoms with E-state index in [9.17, 15) is 14.4 Å². The van der Waals surface area contributed by atoms with Crippen LogP contribution in [0.15, 0.2) is 18.2 Å². The van der Waals surface area contributed by atoms with Gasteiger partial charge >= 0.3 is 6.03 Å². The van der Waals surface area contributed by atoms with E-state index in [1.165, 1.54) is 7.11 Å². The summed E-state index contributed by atoms with van der Waals surface area (Å²) in [5.74, 6) is 0.578. The normalized spacial score (nSPS) is 20.2. The molecule has 2 heterocycles. The minimum atomic E-state index is -0.313. The third kappa shape index (κ3) is 4.13. The van der Waals surface area contributed by atoms with Crippen molar-refractivity contribution in [1.29, 1.82) is 0 Å². The van der Waals surface area contributed by atoms with Gasteiger partial charge in [-0.25, -0.2) is 4.79 Å². The number of primary amides is 1. The third-order valence-electron chi connectivity index (χ3n) is 5.32. The molecule has 2 aliphatic heterocycles. The van der Waals surface area contributed by atoms with Crippen molar-refractivity contribution in [2.75, 3.05) is 38.8 Å². The van der Waals surface area contributed by atoms with Gasteiger partial charge in [0.2, 0.25) is 11.8 Å². The van der Waals surface area contributed by atoms with Crippen LogP contribution in [0.3, 0.4) is 0 Å². The largest absolute Gasteiger partial charge is 0.493 e. The Morgan fingerprint density at radius 2 is 1.82 bits per heavy atom. The first-order valence-electron chi connectivity index (χ1n) is 9.30. The number of likely N-dealkylation sites (tertiary alicyclic amines) is 1. The van der Waals surface area contributed by atoms with Gasteiger partial charge in [-0.15, -0.1) is 0 Å². The van der Waals surface area contributed by atoms with Gasteiger partial charge in [-0.1, -0.05) is 0 Å². The summed E-state index contributed by atoms with van der Waals surface area (Å²) in [5, 5.41) is 2.93. The first-order valence-corrected chi connectivity index (χ1v) is 9.30. The summed E-state index contributed by atoms with van der Waals surface area (Å²) in [6.07, 6.45) is 1.38. The van der Waals surface area contributed by atoms with E-state index in [-0.39, 0.29) is 36.2 Å². The van der Waals surface area contributed by atoms with Crippen LogP contribution >= 0.6 is 0 Å². The zero-order valence-corrected chi connectivity index (χ0v) is 16.1. The molecule has 3 rings (SSSR count). The topological polar surface area (TPSA) is 114 Å². The number of ether oxygens (including phenoxy) is 2. The number of piperidine rings is 1. The molecule has 1 atom stereocenters. The second kappa shape index (κ2) is 8.37. The molecule has 9 nitrogen and oxygen atoms in total. The summed E-state index contributed by atoms with van der Waals surface area (Å²) in [6, 6.07) is 4.79. The van der Waals surface area contributed by atoms with Gasteiger partial charge in [0, 0.05) is 43.7 Å². The molecule has 0 aromatic heterocycles. The van der Waals surface area contributed by atoms with Crippen molar-refractivity contribution < 1.29 is 23.9 Å². The van der Waals surface area contributed by atoms with Crippen molar-refractivity contribution in [3.8, 4) is 11.5 Å². The smallest absolute Gasteiger partial charge is 0.317 e. The highest BCUT2D eigenvalue weighted by Crippen LogP contribution is 2.33. The second-order valence-electron chi connectivity index (χ2n) is 7.06. The first kappa shape index (κ1) is 19.8. The monoisotopic (exact) mass is 390 g/mol. The number of rotatable bonds is 5. The number of carbonyl (C=O) groups excluding carboxylic acids is 3. The number of carbonyl (C=O) groups is 3. The van der Waals surface area contributed by atoms with Crippen molar-refractivity contribution in [2.24, 2.45) is 11.7 Å². The number of urea groups is 1. The Balaban J connectivity index is 1.59. The number of methoxy groups -OCH3 is 2. The van der Waals surface area contributed by atoms with E-state index in [4.69, 9.17) is 15.2 Å². The molecule has 0 spiro atoms. The first-order chi connectivity index (χ1) is 13.4. The van der Waals surface area contributed by atoms with Crippen LogP contribution in [0.4, 0.5) is 10.5 Å². The minimum absolute atomic E-state index is 0.0649. The molecule has 3 N–H and O–H groups in total. The van der Waals surface area contributed by atoms with Gasteiger partial charge in [-0.05, 0) is 25.0 Å². The van der Waals surface area contributed by atoms with E-state index in [0.29, 0.717) is 49.7 Å². The molecule has 4 amide bonds. The standard InChI is InChI=1S/C19H26N4O5/c1-27-15-4-3-14(10-16(15)28-2)23-11-13(9-17(23)24)21-19(26)22-7-5-12(6-8-22)18(20)25/h3-4,10,12-13H,5-9,11H2,1-2H3,(H2,20,25)(H,21,26)/t13-/m1/s1. The summed E-state index contributed by atoms with van der Waals surface area (Å²) >= 11 is 0. The van der Waals surface area contributed by atoms with Gasteiger partial charge in [-0.2, -0.15) is 0 Å². The molecular weight excluding hydrogens is 364 g/mol. The molecule has 28 heavy (non-hydrogen) atoms. The van der Waals surface area contributed by atoms with Crippen molar-refractivity contribution in [3.63, 3.8) is 0 Å². The molecule has 9 heteroatoms. The molecule has 2 aliphatic rings. The average molecular weight is 390 g/mol. The van der Waals surface area contributed by atoms with Gasteiger partial charge in [0.15, 0.2) is 11.5 Å². The van der Waals surface area contributed by atoms with Crippen LogP contribution in [-0.4, -0.2) is 62.6 Å². The number of amides is 4. The lowest BCUT2D eigenvalue weighted by atomic mass is 9.96. The van der Waals surface area contributed by atoms with Crippen molar-refractivity contribution >= 4 is 23.5 Å². The van der Waals surface area contributed by atoms with E-state index in [2.05, 4.69) is 5.32 Å². The Morgan fingerprint density at radius 3 is 2.43 bits per heavy atom. The zero-order chi connectivity index (χ0) is 20.3. The number of nitrogens with one attached hydrogen (secondary N) is 1. The maximum atomic E-state index is 12.5. The van der Waals surface area contributed by atoms with Gasteiger partial charge in [0.1, 0.15) is 0 Å². The summed E-state index contributed by atoms with van der Waals surface area (Å²) in [4.78, 5) is 39.5. The average Bonchev–Trinajstić information content (AvgIpc) is 3.07. The Morgan fingerprint density at radius 1 is 1.14 bits per heavy atom. The van der Waals surface area contributed by atoms with E-state index in [0.717, 1.165) is 0 Å². The molecular formula is C19H26N4O5. The van der Waals surface area contributed by atoms with Crippen LogP contribution in [-0.2, 0) is 9.59 Å². The molecule has 0 saturated carbocycles. The zero-order valence-electron chi connectivity index (χ0n) is 16.1. The third-order valence-corrected chi connectivity index (χ3v) is 5.32. The van der Waals surface area contributed by atoms with E-state index >= 15 is 0 Å². The van der Waals surface area contributed by atoms with Gasteiger partial charge < -0.3 is 30.3 Å². The van der Waals surface area contributed by atoms with E-state index in [1.54, 1.807) is 35.1 Å². The van der Waals surface area contributed by atoms with Crippen LogP contribution in [0.5, 0.6) is 11.5 Å². The number of benzene rings is 1. The highest BCUT2D eigenvalue weighted by Gasteiger charge is 2.34. The Hall–Kier alpha value is -2.97. The van der Waals surface area contributed by atoms with Crippen LogP contribution in [0.1, 0.15) is 19.3 Å². The van der Waals surface area contributed by atoms with Crippen LogP contribution < -0.4 is 25.4 Å². The summed E-state index contributed by atoms with van der Waals surface area (Å²) in [6.45, 7) is 1.36. The molecule has 152 valence electrons. The lowest BCUT2D eigenvalue weighted by Gasteiger charge is -2.31. The van der Waals surface area contributed by atoms with Gasteiger partial charge in [0.05, 0.1) is 20.3 Å². The van der Waals surface area contributed by atoms with Crippen LogP contribution in [0.25, 0.3) is 0 Å². The predicted molar refractivity (Wildman–Crippen MR) is 102 cm³/mol. The number of nitrogens with two attached hydrogens (primary N) is 1. The van der Waals surface area contributed by atoms with Gasteiger partial charge in [-0.3, -0.25) is 9.59 Å². The quantitative estimate of drug-likeness (QED) is 0.769. The highest BCUT2D eigenvalue weighted by molar-refractivity contribution is 5.97. The molecule has 1 aromatic carbocycles. The molecule has 0 radical (unpaired) electrons. The fourth-order valence-electron chi connectivity index (χ4n) is 3.68. The molecule has 2 saturated heterocycles. The second-order valence-corrected chi connectivity index (χ2v) is 7.06. The van der Waals surface area contributed by atoms with Crippen molar-refractivity contribution in [2.45, 2.75) is 25.3 Å². The molecule has 0 unspecified atom stereocenters. The Bertz CT molecular complexity index is 761. The SMILES string of the molecule is COc1ccc(N2C[C@H](NC(=O)N3CCC(C(N)=O)CC3)CC2=O)cc1OC. The van der Waals surface area contributed by atoms with Crippen LogP contribution in [0, 0.1) is 5.92 Å². The maximum absolute atomic E-state index is 12.5. The summed E-state index contributed by atoms with van der Waals surface area (Å²) in [7, 11) is 3.09. The Kier molecular flexibility index (Phi) is 5.91. The minimum Gasteiger partial charge on any atom is -0.493 e. The number of nitrogens with zero attached hydrogens (tertiary/aromatic N) is 2. The molecule has 1 aromatic rings. The molecule has 0 bridgehead atoms. The van der Waals surface area contributed by atoms with Crippen LogP contribution in [0.2, 0.25) is 0 Å². The Labute approximate surface area is 163 Å². The van der Waals surface area contributed by atoms with E-state index in [1.807, 2.05) is 0 Å².